The van der Waals surface area contributed by atoms with Crippen LogP contribution in [-0.2, 0) is 0 Å². The molecule has 82 valence electrons. The van der Waals surface area contributed by atoms with Crippen molar-refractivity contribution < 1.29 is 9.90 Å². The molecule has 2 N–H and O–H groups in total. The molecule has 5 nitrogen and oxygen atoms in total. The maximum absolute atomic E-state index is 10.6. The van der Waals surface area contributed by atoms with E-state index in [-0.39, 0.29) is 12.4 Å². The molecule has 2 aliphatic heterocycles. The van der Waals surface area contributed by atoms with Crippen LogP contribution in [-0.4, -0.2) is 66.3 Å². The molecule has 2 heterocycles. The van der Waals surface area contributed by atoms with Crippen LogP contribution in [0.5, 0.6) is 0 Å². The second-order valence-corrected chi connectivity index (χ2v) is 3.62. The van der Waals surface area contributed by atoms with Gasteiger partial charge in [-0.15, -0.1) is 12.4 Å². The van der Waals surface area contributed by atoms with Crippen LogP contribution in [0.2, 0.25) is 0 Å². The Labute approximate surface area is 89.5 Å². The van der Waals surface area contributed by atoms with Crippen molar-refractivity contribution in [3.63, 3.8) is 0 Å². The normalized spacial score (nSPS) is 23.9. The van der Waals surface area contributed by atoms with Gasteiger partial charge >= 0.3 is 6.09 Å². The van der Waals surface area contributed by atoms with Gasteiger partial charge in [-0.25, -0.2) is 4.79 Å². The highest BCUT2D eigenvalue weighted by atomic mass is 35.5. The Kier molecular flexibility index (Phi) is 3.97. The third kappa shape index (κ3) is 2.29. The predicted molar refractivity (Wildman–Crippen MR) is 55.1 cm³/mol. The third-order valence-corrected chi connectivity index (χ3v) is 2.86. The zero-order chi connectivity index (χ0) is 9.26. The molecular weight excluding hydrogens is 206 g/mol. The summed E-state index contributed by atoms with van der Waals surface area (Å²) in [7, 11) is 0. The molecule has 2 rings (SSSR count). The maximum Gasteiger partial charge on any atom is 0.407 e. The van der Waals surface area contributed by atoms with Crippen LogP contribution in [0.4, 0.5) is 4.79 Å². The van der Waals surface area contributed by atoms with Crippen LogP contribution >= 0.6 is 12.4 Å². The molecular formula is C8H16ClN3O2. The molecule has 6 heteroatoms. The molecule has 0 aliphatic carbocycles. The van der Waals surface area contributed by atoms with Crippen molar-refractivity contribution in [1.82, 2.24) is 15.1 Å². The van der Waals surface area contributed by atoms with Gasteiger partial charge in [-0.1, -0.05) is 0 Å². The third-order valence-electron chi connectivity index (χ3n) is 2.86. The minimum atomic E-state index is -0.786. The topological polar surface area (TPSA) is 55.8 Å². The number of hydrogen-bond donors (Lipinski definition) is 2. The van der Waals surface area contributed by atoms with Gasteiger partial charge in [-0.3, -0.25) is 4.90 Å². The number of carboxylic acid groups (broad SMARTS) is 1. The number of piperazine rings is 1. The zero-order valence-electron chi connectivity index (χ0n) is 7.98. The smallest absolute Gasteiger partial charge is 0.407 e. The fourth-order valence-electron chi connectivity index (χ4n) is 1.81. The van der Waals surface area contributed by atoms with Crippen LogP contribution in [0, 0.1) is 0 Å². The van der Waals surface area contributed by atoms with Crippen molar-refractivity contribution in [2.45, 2.75) is 6.04 Å². The van der Waals surface area contributed by atoms with E-state index in [0.29, 0.717) is 19.1 Å². The quantitative estimate of drug-likeness (QED) is 0.637. The lowest BCUT2D eigenvalue weighted by Crippen LogP contribution is -2.61. The molecule has 2 aliphatic rings. The predicted octanol–water partition coefficient (Wildman–Crippen LogP) is -0.324. The largest absolute Gasteiger partial charge is 0.465 e. The highest BCUT2D eigenvalue weighted by Gasteiger charge is 2.28. The minimum absolute atomic E-state index is 0. The zero-order valence-corrected chi connectivity index (χ0v) is 8.79. The number of hydrogen-bond acceptors (Lipinski definition) is 3. The molecule has 0 radical (unpaired) electrons. The average Bonchev–Trinajstić information content (AvgIpc) is 2.02. The minimum Gasteiger partial charge on any atom is -0.465 e. The van der Waals surface area contributed by atoms with Crippen LogP contribution in [0.25, 0.3) is 0 Å². The van der Waals surface area contributed by atoms with Gasteiger partial charge in [-0.05, 0) is 0 Å². The van der Waals surface area contributed by atoms with Crippen LogP contribution < -0.4 is 5.32 Å². The van der Waals surface area contributed by atoms with Crippen LogP contribution in [0.15, 0.2) is 0 Å². The van der Waals surface area contributed by atoms with Gasteiger partial charge in [0.1, 0.15) is 0 Å². The Morgan fingerprint density at radius 1 is 1.21 bits per heavy atom. The summed E-state index contributed by atoms with van der Waals surface area (Å²) in [5, 5.41) is 12.0. The summed E-state index contributed by atoms with van der Waals surface area (Å²) >= 11 is 0. The summed E-state index contributed by atoms with van der Waals surface area (Å²) in [6.07, 6.45) is -0.786. The highest BCUT2D eigenvalue weighted by molar-refractivity contribution is 5.85. The maximum atomic E-state index is 10.6. The molecule has 2 saturated heterocycles. The lowest BCUT2D eigenvalue weighted by molar-refractivity contribution is 0.0686. The van der Waals surface area contributed by atoms with E-state index >= 15 is 0 Å². The highest BCUT2D eigenvalue weighted by Crippen LogP contribution is 2.09. The molecule has 0 spiro atoms. The van der Waals surface area contributed by atoms with E-state index in [4.69, 9.17) is 5.11 Å². The Bertz CT molecular complexity index is 203. The molecule has 1 amide bonds. The molecule has 0 aromatic rings. The van der Waals surface area contributed by atoms with E-state index in [2.05, 4.69) is 10.2 Å². The van der Waals surface area contributed by atoms with E-state index in [0.717, 1.165) is 26.2 Å². The summed E-state index contributed by atoms with van der Waals surface area (Å²) < 4.78 is 0. The van der Waals surface area contributed by atoms with Crippen molar-refractivity contribution >= 4 is 18.5 Å². The Hall–Kier alpha value is -0.520. The van der Waals surface area contributed by atoms with Gasteiger partial charge in [0.2, 0.25) is 0 Å². The van der Waals surface area contributed by atoms with Gasteiger partial charge in [0.05, 0.1) is 0 Å². The summed E-state index contributed by atoms with van der Waals surface area (Å²) in [5.74, 6) is 0. The average molecular weight is 222 g/mol. The number of nitrogens with one attached hydrogen (secondary N) is 1. The number of nitrogens with zero attached hydrogens (tertiary/aromatic N) is 2. The van der Waals surface area contributed by atoms with E-state index in [1.165, 1.54) is 4.90 Å². The van der Waals surface area contributed by atoms with Crippen molar-refractivity contribution in [2.24, 2.45) is 0 Å². The summed E-state index contributed by atoms with van der Waals surface area (Å²) in [5.41, 5.74) is 0. The van der Waals surface area contributed by atoms with Crippen molar-refractivity contribution in [3.8, 4) is 0 Å². The summed E-state index contributed by atoms with van der Waals surface area (Å²) in [6, 6.07) is 0.649. The van der Waals surface area contributed by atoms with Gasteiger partial charge in [0.15, 0.2) is 0 Å². The van der Waals surface area contributed by atoms with E-state index < -0.39 is 6.09 Å². The second-order valence-electron chi connectivity index (χ2n) is 3.62. The van der Waals surface area contributed by atoms with Crippen molar-refractivity contribution in [2.75, 3.05) is 39.3 Å². The molecule has 0 aromatic carbocycles. The molecule has 0 bridgehead atoms. The number of rotatable bonds is 1. The standard InChI is InChI=1S/C8H15N3O2.ClH/c12-8(13)11-3-1-10(2-4-11)7-5-9-6-7;/h7,9H,1-6H2,(H,12,13);1H. The Balaban J connectivity index is 0.000000980. The Morgan fingerprint density at radius 2 is 1.79 bits per heavy atom. The molecule has 0 aromatic heterocycles. The first-order chi connectivity index (χ1) is 6.27. The molecule has 2 fully saturated rings. The number of halogens is 1. The van der Waals surface area contributed by atoms with E-state index in [9.17, 15) is 4.79 Å². The fourth-order valence-corrected chi connectivity index (χ4v) is 1.81. The van der Waals surface area contributed by atoms with E-state index in [1.54, 1.807) is 0 Å². The first kappa shape index (κ1) is 11.6. The van der Waals surface area contributed by atoms with Gasteiger partial charge < -0.3 is 15.3 Å². The number of amides is 1. The monoisotopic (exact) mass is 221 g/mol. The lowest BCUT2D eigenvalue weighted by Gasteiger charge is -2.42. The first-order valence-corrected chi connectivity index (χ1v) is 4.70. The molecule has 0 saturated carbocycles. The van der Waals surface area contributed by atoms with Crippen molar-refractivity contribution in [1.29, 1.82) is 0 Å². The molecule has 14 heavy (non-hydrogen) atoms. The van der Waals surface area contributed by atoms with Gasteiger partial charge in [-0.2, -0.15) is 0 Å². The van der Waals surface area contributed by atoms with Crippen LogP contribution in [0.1, 0.15) is 0 Å². The SMILES string of the molecule is Cl.O=C(O)N1CCN(C2CNC2)CC1. The first-order valence-electron chi connectivity index (χ1n) is 4.70. The molecule has 0 unspecified atom stereocenters. The fraction of sp³-hybridized carbons (Fsp3) is 0.875. The Morgan fingerprint density at radius 3 is 2.14 bits per heavy atom. The van der Waals surface area contributed by atoms with Gasteiger partial charge in [0.25, 0.3) is 0 Å². The second kappa shape index (κ2) is 4.82. The molecule has 0 atom stereocenters. The lowest BCUT2D eigenvalue weighted by atomic mass is 10.1. The summed E-state index contributed by atoms with van der Waals surface area (Å²) in [4.78, 5) is 14.5. The van der Waals surface area contributed by atoms with E-state index in [1.807, 2.05) is 0 Å². The van der Waals surface area contributed by atoms with Gasteiger partial charge in [0, 0.05) is 45.3 Å². The summed E-state index contributed by atoms with van der Waals surface area (Å²) in [6.45, 7) is 5.22. The number of carbonyl (C=O) groups is 1. The van der Waals surface area contributed by atoms with Crippen LogP contribution in [0.3, 0.4) is 0 Å². The van der Waals surface area contributed by atoms with Crippen molar-refractivity contribution in [3.05, 3.63) is 0 Å².